The van der Waals surface area contributed by atoms with E-state index in [2.05, 4.69) is 5.32 Å². The van der Waals surface area contributed by atoms with Crippen molar-refractivity contribution in [1.29, 1.82) is 0 Å². The molecule has 22 heavy (non-hydrogen) atoms. The van der Waals surface area contributed by atoms with Gasteiger partial charge in [-0.1, -0.05) is 0 Å². The first kappa shape index (κ1) is 15.1. The predicted molar refractivity (Wildman–Crippen MR) is 79.3 cm³/mol. The number of nitrogens with one attached hydrogen (secondary N) is 1. The van der Waals surface area contributed by atoms with E-state index in [9.17, 15) is 14.0 Å². The molecule has 1 aliphatic heterocycles. The monoisotopic (exact) mass is 306 g/mol. The number of ether oxygens (including phenoxy) is 1. The molecule has 0 aromatic heterocycles. The third-order valence-electron chi connectivity index (χ3n) is 4.18. The lowest BCUT2D eigenvalue weighted by Gasteiger charge is -2.25. The zero-order chi connectivity index (χ0) is 15.5. The number of amides is 1. The first-order chi connectivity index (χ1) is 10.7. The van der Waals surface area contributed by atoms with Crippen molar-refractivity contribution in [3.05, 3.63) is 29.1 Å². The van der Waals surface area contributed by atoms with E-state index < -0.39 is 0 Å². The molecule has 0 spiro atoms. The molecule has 5 nitrogen and oxygen atoms in total. The number of carbonyl (C=O) groups excluding carboxylic acids is 2. The molecule has 1 amide bonds. The van der Waals surface area contributed by atoms with Gasteiger partial charge in [0.2, 0.25) is 5.91 Å². The predicted octanol–water partition coefficient (Wildman–Crippen LogP) is 1.01. The SMILES string of the molecule is O=CC1Cc2cc(NC(=O)CN3CCOCC3)cc(F)c2C1. The largest absolute Gasteiger partial charge is 0.379 e. The number of aldehydes is 1. The van der Waals surface area contributed by atoms with Crippen LogP contribution in [0.2, 0.25) is 0 Å². The Morgan fingerprint density at radius 2 is 2.14 bits per heavy atom. The molecule has 0 bridgehead atoms. The van der Waals surface area contributed by atoms with Crippen LogP contribution in [0.15, 0.2) is 12.1 Å². The summed E-state index contributed by atoms with van der Waals surface area (Å²) >= 11 is 0. The Hall–Kier alpha value is -1.79. The molecule has 0 radical (unpaired) electrons. The molecule has 1 aromatic carbocycles. The average molecular weight is 306 g/mol. The summed E-state index contributed by atoms with van der Waals surface area (Å²) in [4.78, 5) is 24.9. The van der Waals surface area contributed by atoms with Gasteiger partial charge >= 0.3 is 0 Å². The van der Waals surface area contributed by atoms with Crippen LogP contribution in [-0.2, 0) is 27.2 Å². The fraction of sp³-hybridized carbons (Fsp3) is 0.500. The maximum atomic E-state index is 14.1. The summed E-state index contributed by atoms with van der Waals surface area (Å²) in [5, 5.41) is 2.74. The van der Waals surface area contributed by atoms with Crippen LogP contribution in [0.1, 0.15) is 11.1 Å². The normalized spacial score (nSPS) is 21.4. The first-order valence-electron chi connectivity index (χ1n) is 7.52. The summed E-state index contributed by atoms with van der Waals surface area (Å²) in [5.41, 5.74) is 1.88. The minimum atomic E-state index is -0.344. The molecule has 1 aromatic rings. The van der Waals surface area contributed by atoms with Crippen molar-refractivity contribution < 1.29 is 18.7 Å². The molecule has 1 N–H and O–H groups in total. The molecule has 1 saturated heterocycles. The number of nitrogens with zero attached hydrogens (tertiary/aromatic N) is 1. The van der Waals surface area contributed by atoms with Gasteiger partial charge in [0, 0.05) is 24.7 Å². The second kappa shape index (κ2) is 6.54. The number of morpholine rings is 1. The smallest absolute Gasteiger partial charge is 0.238 e. The van der Waals surface area contributed by atoms with Crippen molar-refractivity contribution in [3.8, 4) is 0 Å². The third kappa shape index (κ3) is 3.34. The average Bonchev–Trinajstić information content (AvgIpc) is 2.92. The van der Waals surface area contributed by atoms with Gasteiger partial charge in [-0.05, 0) is 36.1 Å². The molecule has 6 heteroatoms. The van der Waals surface area contributed by atoms with Crippen LogP contribution < -0.4 is 5.32 Å². The molecular formula is C16H19FN2O3. The molecular weight excluding hydrogens is 287 g/mol. The second-order valence-electron chi connectivity index (χ2n) is 5.84. The summed E-state index contributed by atoms with van der Waals surface area (Å²) in [7, 11) is 0. The van der Waals surface area contributed by atoms with Crippen molar-refractivity contribution in [2.45, 2.75) is 12.8 Å². The molecule has 1 heterocycles. The minimum Gasteiger partial charge on any atom is -0.379 e. The summed E-state index contributed by atoms with van der Waals surface area (Å²) < 4.78 is 19.3. The molecule has 1 fully saturated rings. The van der Waals surface area contributed by atoms with E-state index in [1.54, 1.807) is 6.07 Å². The van der Waals surface area contributed by atoms with Gasteiger partial charge in [-0.2, -0.15) is 0 Å². The van der Waals surface area contributed by atoms with Gasteiger partial charge in [0.1, 0.15) is 12.1 Å². The lowest BCUT2D eigenvalue weighted by molar-refractivity contribution is -0.118. The topological polar surface area (TPSA) is 58.6 Å². The Morgan fingerprint density at radius 1 is 1.36 bits per heavy atom. The highest BCUT2D eigenvalue weighted by Gasteiger charge is 2.25. The van der Waals surface area contributed by atoms with E-state index in [-0.39, 0.29) is 24.2 Å². The lowest BCUT2D eigenvalue weighted by atomic mass is 10.1. The van der Waals surface area contributed by atoms with Crippen molar-refractivity contribution >= 4 is 17.9 Å². The fourth-order valence-electron chi connectivity index (χ4n) is 3.05. The van der Waals surface area contributed by atoms with Gasteiger partial charge < -0.3 is 14.8 Å². The van der Waals surface area contributed by atoms with Crippen LogP contribution in [0.25, 0.3) is 0 Å². The number of rotatable bonds is 4. The molecule has 0 saturated carbocycles. The van der Waals surface area contributed by atoms with Gasteiger partial charge in [-0.25, -0.2) is 4.39 Å². The van der Waals surface area contributed by atoms with Gasteiger partial charge in [-0.3, -0.25) is 9.69 Å². The molecule has 3 rings (SSSR count). The Balaban J connectivity index is 1.64. The number of halogens is 1. The highest BCUT2D eigenvalue weighted by molar-refractivity contribution is 5.92. The number of fused-ring (bicyclic) bond motifs is 1. The van der Waals surface area contributed by atoms with E-state index in [0.29, 0.717) is 37.3 Å². The molecule has 1 atom stereocenters. The minimum absolute atomic E-state index is 0.149. The maximum absolute atomic E-state index is 14.1. The van der Waals surface area contributed by atoms with Crippen LogP contribution in [0.3, 0.4) is 0 Å². The van der Waals surface area contributed by atoms with Crippen molar-refractivity contribution in [2.24, 2.45) is 5.92 Å². The number of hydrogen-bond donors (Lipinski definition) is 1. The third-order valence-corrected chi connectivity index (χ3v) is 4.18. The van der Waals surface area contributed by atoms with Gasteiger partial charge in [0.05, 0.1) is 19.8 Å². The van der Waals surface area contributed by atoms with Crippen LogP contribution >= 0.6 is 0 Å². The second-order valence-corrected chi connectivity index (χ2v) is 5.84. The zero-order valence-corrected chi connectivity index (χ0v) is 12.3. The number of hydrogen-bond acceptors (Lipinski definition) is 4. The summed E-state index contributed by atoms with van der Waals surface area (Å²) in [6.45, 7) is 3.00. The van der Waals surface area contributed by atoms with Gasteiger partial charge in [0.25, 0.3) is 0 Å². The van der Waals surface area contributed by atoms with Crippen LogP contribution in [-0.4, -0.2) is 49.9 Å². The Morgan fingerprint density at radius 3 is 2.86 bits per heavy atom. The molecule has 2 aliphatic rings. The summed E-state index contributed by atoms with van der Waals surface area (Å²) in [5.74, 6) is -0.654. The molecule has 118 valence electrons. The highest BCUT2D eigenvalue weighted by Crippen LogP contribution is 2.30. The molecule has 1 aliphatic carbocycles. The van der Waals surface area contributed by atoms with Crippen LogP contribution in [0.5, 0.6) is 0 Å². The quantitative estimate of drug-likeness (QED) is 0.844. The van der Waals surface area contributed by atoms with Gasteiger partial charge in [0.15, 0.2) is 0 Å². The standard InChI is InChI=1S/C16H19FN2O3/c17-15-8-13(7-12-5-11(10-20)6-14(12)15)18-16(21)9-19-1-3-22-4-2-19/h7-8,10-11H,1-6,9H2,(H,18,21). The van der Waals surface area contributed by atoms with Gasteiger partial charge in [-0.15, -0.1) is 0 Å². The van der Waals surface area contributed by atoms with E-state index in [1.165, 1.54) is 6.07 Å². The Kier molecular flexibility index (Phi) is 4.49. The number of carbonyl (C=O) groups is 2. The fourth-order valence-corrected chi connectivity index (χ4v) is 3.05. The highest BCUT2D eigenvalue weighted by atomic mass is 19.1. The summed E-state index contributed by atoms with van der Waals surface area (Å²) in [6, 6.07) is 3.11. The van der Waals surface area contributed by atoms with E-state index in [4.69, 9.17) is 4.74 Å². The van der Waals surface area contributed by atoms with E-state index in [1.807, 2.05) is 4.90 Å². The summed E-state index contributed by atoms with van der Waals surface area (Å²) in [6.07, 6.45) is 1.87. The van der Waals surface area contributed by atoms with Crippen LogP contribution in [0.4, 0.5) is 10.1 Å². The van der Waals surface area contributed by atoms with Crippen molar-refractivity contribution in [1.82, 2.24) is 4.90 Å². The van der Waals surface area contributed by atoms with E-state index >= 15 is 0 Å². The maximum Gasteiger partial charge on any atom is 0.238 e. The zero-order valence-electron chi connectivity index (χ0n) is 12.3. The Labute approximate surface area is 128 Å². The molecule has 1 unspecified atom stereocenters. The number of anilines is 1. The van der Waals surface area contributed by atoms with E-state index in [0.717, 1.165) is 24.9 Å². The van der Waals surface area contributed by atoms with Crippen LogP contribution in [0, 0.1) is 11.7 Å². The Bertz CT molecular complexity index is 585. The van der Waals surface area contributed by atoms with Crippen molar-refractivity contribution in [2.75, 3.05) is 38.2 Å². The van der Waals surface area contributed by atoms with Crippen molar-refractivity contribution in [3.63, 3.8) is 0 Å². The lowest BCUT2D eigenvalue weighted by Crippen LogP contribution is -2.41. The number of benzene rings is 1. The first-order valence-corrected chi connectivity index (χ1v) is 7.52.